The lowest BCUT2D eigenvalue weighted by molar-refractivity contribution is -0.384. The first-order chi connectivity index (χ1) is 7.54. The van der Waals surface area contributed by atoms with E-state index in [2.05, 4.69) is 5.32 Å². The molecule has 0 radical (unpaired) electrons. The van der Waals surface area contributed by atoms with Crippen LogP contribution in [-0.4, -0.2) is 18.5 Å². The molecule has 0 heterocycles. The van der Waals surface area contributed by atoms with E-state index in [1.54, 1.807) is 0 Å². The van der Waals surface area contributed by atoms with Gasteiger partial charge in [0.1, 0.15) is 0 Å². The predicted molar refractivity (Wildman–Crippen MR) is 65.7 cm³/mol. The molecule has 1 rings (SSSR count). The average molecular weight is 241 g/mol. The van der Waals surface area contributed by atoms with E-state index in [1.165, 1.54) is 18.2 Å². The lowest BCUT2D eigenvalue weighted by Gasteiger charge is -2.02. The quantitative estimate of drug-likeness (QED) is 0.650. The van der Waals surface area contributed by atoms with Gasteiger partial charge in [0, 0.05) is 23.7 Å². The molecule has 0 fully saturated rings. The molecule has 0 aliphatic rings. The number of likely N-dealkylation sites (N-methyl/N-ethyl adjacent to an activating group) is 1. The standard InChI is InChI=1S/C11H13ClN2O2/c1-8(7-13-2)5-9-6-10(14(15)16)3-4-11(9)12/h3-6,13H,7H2,1-2H3. The number of hydrogen-bond acceptors (Lipinski definition) is 3. The second-order valence-corrected chi connectivity index (χ2v) is 3.89. The van der Waals surface area contributed by atoms with Gasteiger partial charge in [0.25, 0.3) is 5.69 Å². The molecule has 0 atom stereocenters. The van der Waals surface area contributed by atoms with Gasteiger partial charge in [0.2, 0.25) is 0 Å². The third-order valence-corrected chi connectivity index (χ3v) is 2.39. The third kappa shape index (κ3) is 3.32. The van der Waals surface area contributed by atoms with E-state index in [4.69, 9.17) is 11.6 Å². The van der Waals surface area contributed by atoms with Crippen molar-refractivity contribution in [2.45, 2.75) is 6.92 Å². The minimum absolute atomic E-state index is 0.0490. The zero-order chi connectivity index (χ0) is 12.1. The first-order valence-electron chi connectivity index (χ1n) is 4.80. The van der Waals surface area contributed by atoms with Gasteiger partial charge in [-0.25, -0.2) is 0 Å². The Kier molecular flexibility index (Phi) is 4.46. The Labute approximate surface area is 99.1 Å². The molecule has 1 N–H and O–H groups in total. The summed E-state index contributed by atoms with van der Waals surface area (Å²) in [7, 11) is 1.84. The Morgan fingerprint density at radius 1 is 1.62 bits per heavy atom. The van der Waals surface area contributed by atoms with Crippen LogP contribution in [0.5, 0.6) is 0 Å². The monoisotopic (exact) mass is 240 g/mol. The second kappa shape index (κ2) is 5.63. The van der Waals surface area contributed by atoms with Crippen molar-refractivity contribution in [3.63, 3.8) is 0 Å². The number of nitrogens with zero attached hydrogens (tertiary/aromatic N) is 1. The van der Waals surface area contributed by atoms with Gasteiger partial charge in [-0.3, -0.25) is 10.1 Å². The SMILES string of the molecule is CNCC(C)=Cc1cc([N+](=O)[O-])ccc1Cl. The molecule has 0 unspecified atom stereocenters. The Morgan fingerprint density at radius 2 is 2.31 bits per heavy atom. The highest BCUT2D eigenvalue weighted by Gasteiger charge is 2.08. The molecule has 1 aromatic carbocycles. The van der Waals surface area contributed by atoms with Gasteiger partial charge in [-0.2, -0.15) is 0 Å². The van der Waals surface area contributed by atoms with Gasteiger partial charge in [-0.15, -0.1) is 0 Å². The summed E-state index contributed by atoms with van der Waals surface area (Å²) in [5.74, 6) is 0. The fourth-order valence-electron chi connectivity index (χ4n) is 1.35. The van der Waals surface area contributed by atoms with Crippen LogP contribution < -0.4 is 5.32 Å². The van der Waals surface area contributed by atoms with Gasteiger partial charge in [0.15, 0.2) is 0 Å². The summed E-state index contributed by atoms with van der Waals surface area (Å²) < 4.78 is 0. The molecule has 0 saturated heterocycles. The number of rotatable bonds is 4. The van der Waals surface area contributed by atoms with E-state index >= 15 is 0 Å². The largest absolute Gasteiger partial charge is 0.316 e. The van der Waals surface area contributed by atoms with E-state index in [-0.39, 0.29) is 5.69 Å². The Bertz CT molecular complexity index is 430. The summed E-state index contributed by atoms with van der Waals surface area (Å²) in [4.78, 5) is 10.2. The summed E-state index contributed by atoms with van der Waals surface area (Å²) in [6, 6.07) is 4.41. The number of non-ortho nitro benzene ring substituents is 1. The predicted octanol–water partition coefficient (Wildman–Crippen LogP) is 2.87. The number of benzene rings is 1. The second-order valence-electron chi connectivity index (χ2n) is 3.48. The molecule has 0 spiro atoms. The average Bonchev–Trinajstić information content (AvgIpc) is 2.21. The van der Waals surface area contributed by atoms with Crippen LogP contribution in [0.15, 0.2) is 23.8 Å². The summed E-state index contributed by atoms with van der Waals surface area (Å²) in [6.07, 6.45) is 1.84. The Hall–Kier alpha value is -1.39. The van der Waals surface area contributed by atoms with Crippen LogP contribution >= 0.6 is 11.6 Å². The van der Waals surface area contributed by atoms with Crippen LogP contribution in [0, 0.1) is 10.1 Å². The van der Waals surface area contributed by atoms with Gasteiger partial charge in [0.05, 0.1) is 4.92 Å². The molecular formula is C11H13ClN2O2. The van der Waals surface area contributed by atoms with Crippen molar-refractivity contribution in [2.75, 3.05) is 13.6 Å². The number of nitro groups is 1. The van der Waals surface area contributed by atoms with Crippen molar-refractivity contribution in [2.24, 2.45) is 0 Å². The molecule has 0 bridgehead atoms. The first kappa shape index (κ1) is 12.7. The van der Waals surface area contributed by atoms with Crippen molar-refractivity contribution in [3.8, 4) is 0 Å². The van der Waals surface area contributed by atoms with Crippen LogP contribution in [0.3, 0.4) is 0 Å². The van der Waals surface area contributed by atoms with Crippen LogP contribution in [0.2, 0.25) is 5.02 Å². The van der Waals surface area contributed by atoms with Crippen molar-refractivity contribution >= 4 is 23.4 Å². The van der Waals surface area contributed by atoms with Crippen molar-refractivity contribution in [3.05, 3.63) is 44.5 Å². The van der Waals surface area contributed by atoms with E-state index in [1.807, 2.05) is 20.0 Å². The fourth-order valence-corrected chi connectivity index (χ4v) is 1.52. The maximum absolute atomic E-state index is 10.6. The summed E-state index contributed by atoms with van der Waals surface area (Å²) in [5.41, 5.74) is 1.78. The zero-order valence-electron chi connectivity index (χ0n) is 9.16. The highest BCUT2D eigenvalue weighted by atomic mass is 35.5. The third-order valence-electron chi connectivity index (χ3n) is 2.05. The van der Waals surface area contributed by atoms with Crippen molar-refractivity contribution in [1.29, 1.82) is 0 Å². The molecule has 0 aromatic heterocycles. The number of halogens is 1. The van der Waals surface area contributed by atoms with Crippen LogP contribution in [0.25, 0.3) is 6.08 Å². The highest BCUT2D eigenvalue weighted by molar-refractivity contribution is 6.32. The van der Waals surface area contributed by atoms with Crippen molar-refractivity contribution in [1.82, 2.24) is 5.32 Å². The summed E-state index contributed by atoms with van der Waals surface area (Å²) in [6.45, 7) is 2.66. The van der Waals surface area contributed by atoms with Crippen LogP contribution in [0.1, 0.15) is 12.5 Å². The minimum Gasteiger partial charge on any atom is -0.316 e. The molecule has 4 nitrogen and oxygen atoms in total. The number of hydrogen-bond donors (Lipinski definition) is 1. The smallest absolute Gasteiger partial charge is 0.270 e. The molecule has 86 valence electrons. The maximum atomic E-state index is 10.6. The first-order valence-corrected chi connectivity index (χ1v) is 5.18. The molecule has 5 heteroatoms. The summed E-state index contributed by atoms with van der Waals surface area (Å²) >= 11 is 5.96. The Morgan fingerprint density at radius 3 is 2.88 bits per heavy atom. The lowest BCUT2D eigenvalue weighted by atomic mass is 10.1. The minimum atomic E-state index is -0.429. The fraction of sp³-hybridized carbons (Fsp3) is 0.273. The normalized spacial score (nSPS) is 11.6. The van der Waals surface area contributed by atoms with Gasteiger partial charge in [-0.05, 0) is 25.6 Å². The van der Waals surface area contributed by atoms with E-state index in [0.29, 0.717) is 10.6 Å². The molecular weight excluding hydrogens is 228 g/mol. The van der Waals surface area contributed by atoms with Gasteiger partial charge >= 0.3 is 0 Å². The molecule has 0 aliphatic heterocycles. The molecule has 0 amide bonds. The molecule has 0 aliphatic carbocycles. The van der Waals surface area contributed by atoms with E-state index in [0.717, 1.165) is 12.1 Å². The van der Waals surface area contributed by atoms with Crippen molar-refractivity contribution < 1.29 is 4.92 Å². The lowest BCUT2D eigenvalue weighted by Crippen LogP contribution is -2.08. The highest BCUT2D eigenvalue weighted by Crippen LogP contribution is 2.24. The van der Waals surface area contributed by atoms with Crippen LogP contribution in [0.4, 0.5) is 5.69 Å². The topological polar surface area (TPSA) is 55.2 Å². The van der Waals surface area contributed by atoms with E-state index < -0.39 is 4.92 Å². The van der Waals surface area contributed by atoms with Gasteiger partial charge in [-0.1, -0.05) is 23.3 Å². The molecule has 1 aromatic rings. The summed E-state index contributed by atoms with van der Waals surface area (Å²) in [5, 5.41) is 14.1. The van der Waals surface area contributed by atoms with Gasteiger partial charge < -0.3 is 5.32 Å². The maximum Gasteiger partial charge on any atom is 0.270 e. The number of nitro benzene ring substituents is 1. The molecule has 0 saturated carbocycles. The molecule has 16 heavy (non-hydrogen) atoms. The van der Waals surface area contributed by atoms with E-state index in [9.17, 15) is 10.1 Å². The van der Waals surface area contributed by atoms with Crippen LogP contribution in [-0.2, 0) is 0 Å². The number of nitrogens with one attached hydrogen (secondary N) is 1. The Balaban J connectivity index is 3.07. The zero-order valence-corrected chi connectivity index (χ0v) is 9.91.